The van der Waals surface area contributed by atoms with Crippen LogP contribution in [-0.4, -0.2) is 37.2 Å². The maximum Gasteiger partial charge on any atom is 0.310 e. The molecule has 0 aromatic carbocycles. The third kappa shape index (κ3) is 52.6. The summed E-state index contributed by atoms with van der Waals surface area (Å²) in [5, 5.41) is 0. The topological polar surface area (TPSA) is 78.9 Å². The number of carbonyl (C=O) groups excluding carboxylic acids is 3. The molecule has 0 aromatic rings. The van der Waals surface area contributed by atoms with Crippen molar-refractivity contribution in [3.05, 3.63) is 122 Å². The third-order valence-electron chi connectivity index (χ3n) is 11.0. The normalized spacial score (nSPS) is 13.1. The zero-order chi connectivity index (χ0) is 48.6. The molecule has 0 radical (unpaired) electrons. The highest BCUT2D eigenvalue weighted by Crippen LogP contribution is 2.14. The van der Waals surface area contributed by atoms with Crippen molar-refractivity contribution in [2.45, 2.75) is 232 Å². The molecule has 0 rings (SSSR count). The summed E-state index contributed by atoms with van der Waals surface area (Å²) >= 11 is 0. The molecular formula is C61H98O6. The van der Waals surface area contributed by atoms with Crippen LogP contribution in [0.15, 0.2) is 122 Å². The average molecular weight is 927 g/mol. The van der Waals surface area contributed by atoms with Crippen molar-refractivity contribution in [3.63, 3.8) is 0 Å². The molecule has 0 aliphatic carbocycles. The summed E-state index contributed by atoms with van der Waals surface area (Å²) in [4.78, 5) is 38.0. The van der Waals surface area contributed by atoms with Crippen LogP contribution < -0.4 is 0 Å². The van der Waals surface area contributed by atoms with Crippen LogP contribution in [0.2, 0.25) is 0 Å². The van der Waals surface area contributed by atoms with E-state index < -0.39 is 12.1 Å². The zero-order valence-corrected chi connectivity index (χ0v) is 43.1. The molecule has 0 saturated carbocycles. The van der Waals surface area contributed by atoms with E-state index in [9.17, 15) is 14.4 Å². The number of allylic oxidation sites excluding steroid dienone is 19. The molecule has 0 aromatic heterocycles. The quantitative estimate of drug-likeness (QED) is 0.0262. The van der Waals surface area contributed by atoms with E-state index in [0.717, 1.165) is 103 Å². The number of unbranched alkanes of at least 4 members (excludes halogenated alkanes) is 17. The van der Waals surface area contributed by atoms with E-state index in [4.69, 9.17) is 14.2 Å². The number of esters is 3. The Morgan fingerprint density at radius 3 is 0.985 bits per heavy atom. The highest BCUT2D eigenvalue weighted by Gasteiger charge is 2.19. The van der Waals surface area contributed by atoms with Crippen molar-refractivity contribution < 1.29 is 28.6 Å². The first-order chi connectivity index (χ1) is 33.0. The molecule has 0 N–H and O–H groups in total. The maximum absolute atomic E-state index is 12.8. The number of hydrogen-bond acceptors (Lipinski definition) is 6. The first-order valence-corrected chi connectivity index (χ1v) is 27.0. The second kappa shape index (κ2) is 54.4. The van der Waals surface area contributed by atoms with Gasteiger partial charge in [-0.25, -0.2) is 0 Å². The number of hydrogen-bond donors (Lipinski definition) is 0. The molecule has 1 unspecified atom stereocenters. The van der Waals surface area contributed by atoms with Gasteiger partial charge < -0.3 is 14.2 Å². The first kappa shape index (κ1) is 62.8. The molecule has 0 amide bonds. The number of ether oxygens (including phenoxy) is 3. The summed E-state index contributed by atoms with van der Waals surface area (Å²) in [6.45, 7) is 6.29. The van der Waals surface area contributed by atoms with E-state index in [1.807, 2.05) is 6.08 Å². The van der Waals surface area contributed by atoms with Crippen molar-refractivity contribution >= 4 is 17.9 Å². The summed E-state index contributed by atoms with van der Waals surface area (Å²) < 4.78 is 16.7. The van der Waals surface area contributed by atoms with E-state index in [0.29, 0.717) is 19.3 Å². The van der Waals surface area contributed by atoms with Crippen LogP contribution in [-0.2, 0) is 28.6 Å². The van der Waals surface area contributed by atoms with Crippen LogP contribution >= 0.6 is 0 Å². The van der Waals surface area contributed by atoms with Crippen LogP contribution in [0.3, 0.4) is 0 Å². The minimum atomic E-state index is -0.848. The highest BCUT2D eigenvalue weighted by atomic mass is 16.6. The predicted molar refractivity (Wildman–Crippen MR) is 288 cm³/mol. The maximum atomic E-state index is 12.8. The van der Waals surface area contributed by atoms with Crippen LogP contribution in [0.4, 0.5) is 0 Å². The first-order valence-electron chi connectivity index (χ1n) is 27.0. The Labute approximate surface area is 412 Å². The lowest BCUT2D eigenvalue weighted by Gasteiger charge is -2.18. The van der Waals surface area contributed by atoms with Gasteiger partial charge in [-0.1, -0.05) is 239 Å². The molecule has 67 heavy (non-hydrogen) atoms. The van der Waals surface area contributed by atoms with E-state index in [1.54, 1.807) is 6.08 Å². The summed E-state index contributed by atoms with van der Waals surface area (Å²) in [6, 6.07) is 0. The predicted octanol–water partition coefficient (Wildman–Crippen LogP) is 18.1. The molecule has 378 valence electrons. The van der Waals surface area contributed by atoms with Crippen molar-refractivity contribution in [2.24, 2.45) is 0 Å². The lowest BCUT2D eigenvalue weighted by atomic mass is 10.0. The second-order valence-corrected chi connectivity index (χ2v) is 17.4. The fraction of sp³-hybridized carbons (Fsp3) is 0.623. The Hall–Kier alpha value is -4.19. The minimum Gasteiger partial charge on any atom is -0.462 e. The Morgan fingerprint density at radius 1 is 0.328 bits per heavy atom. The molecule has 0 spiro atoms. The molecule has 0 fully saturated rings. The third-order valence-corrected chi connectivity index (χ3v) is 11.0. The van der Waals surface area contributed by atoms with Crippen LogP contribution in [0, 0.1) is 0 Å². The Kier molecular flexibility index (Phi) is 51.0. The van der Waals surface area contributed by atoms with Crippen molar-refractivity contribution in [1.82, 2.24) is 0 Å². The summed E-state index contributed by atoms with van der Waals surface area (Å²) in [5.41, 5.74) is 0. The second-order valence-electron chi connectivity index (χ2n) is 17.4. The molecule has 6 nitrogen and oxygen atoms in total. The lowest BCUT2D eigenvalue weighted by molar-refractivity contribution is -0.166. The van der Waals surface area contributed by atoms with Gasteiger partial charge in [0.2, 0.25) is 0 Å². The van der Waals surface area contributed by atoms with Gasteiger partial charge >= 0.3 is 17.9 Å². The molecule has 0 aliphatic rings. The fourth-order valence-corrected chi connectivity index (χ4v) is 7.01. The molecule has 6 heteroatoms. The highest BCUT2D eigenvalue weighted by molar-refractivity contribution is 5.72. The van der Waals surface area contributed by atoms with Gasteiger partial charge in [-0.2, -0.15) is 0 Å². The number of rotatable bonds is 47. The number of carbonyl (C=O) groups is 3. The van der Waals surface area contributed by atoms with Crippen molar-refractivity contribution in [1.29, 1.82) is 0 Å². The molecule has 0 aliphatic heterocycles. The Morgan fingerprint density at radius 2 is 0.627 bits per heavy atom. The summed E-state index contributed by atoms with van der Waals surface area (Å²) in [5.74, 6) is -1.10. The Bertz CT molecular complexity index is 1440. The van der Waals surface area contributed by atoms with Crippen molar-refractivity contribution in [2.75, 3.05) is 13.2 Å². The molecule has 0 heterocycles. The van der Waals surface area contributed by atoms with E-state index in [-0.39, 0.29) is 31.6 Å². The average Bonchev–Trinajstić information content (AvgIpc) is 3.33. The van der Waals surface area contributed by atoms with Gasteiger partial charge in [-0.3, -0.25) is 14.4 Å². The molecular weight excluding hydrogens is 829 g/mol. The van der Waals surface area contributed by atoms with E-state index >= 15 is 0 Å². The van der Waals surface area contributed by atoms with Gasteiger partial charge in [0.15, 0.2) is 6.10 Å². The largest absolute Gasteiger partial charge is 0.462 e. The fourth-order valence-electron chi connectivity index (χ4n) is 7.01. The van der Waals surface area contributed by atoms with Crippen LogP contribution in [0.1, 0.15) is 226 Å². The standard InChI is InChI=1S/C61H98O6/c1-4-7-10-13-16-19-22-25-28-29-30-31-34-36-39-42-45-48-51-54-60(63)66-57-58(67-61(64)55-52-49-46-43-40-37-33-27-24-21-18-15-12-9-6-3)56-65-59(62)53-50-47-44-41-38-35-32-26-23-20-17-14-11-8-5-2/h7,9-10,12,16,18-19,21,25,27-28,30-31,33,36,39-40,43,49,52,58H,4-6,8,11,13-15,17,20,22-24,26,29,32,34-35,37-38,41-42,44-48,50-51,53-57H2,1-3H3/b10-7-,12-9-,19-16-,21-18-,28-25-,31-30-,33-27-,39-36-,43-40-,52-49-. The summed E-state index contributed by atoms with van der Waals surface area (Å²) in [7, 11) is 0. The zero-order valence-electron chi connectivity index (χ0n) is 43.1. The minimum absolute atomic E-state index is 0.0862. The SMILES string of the molecule is CC/C=C\C/C=C\C/C=C\C/C=C\C/C=C\CCCCCC(=O)OCC(COC(=O)CCCCCCCCCCCCCCCCC)OC(=O)C/C=C\C/C=C\C/C=C\C/C=C\C/C=C\CC. The van der Waals surface area contributed by atoms with Crippen LogP contribution in [0.5, 0.6) is 0 Å². The monoisotopic (exact) mass is 927 g/mol. The molecule has 0 bridgehead atoms. The van der Waals surface area contributed by atoms with Gasteiger partial charge in [0.25, 0.3) is 0 Å². The molecule has 0 saturated heterocycles. The van der Waals surface area contributed by atoms with Gasteiger partial charge in [0, 0.05) is 12.8 Å². The lowest BCUT2D eigenvalue weighted by Crippen LogP contribution is -2.30. The van der Waals surface area contributed by atoms with Gasteiger partial charge in [-0.15, -0.1) is 0 Å². The van der Waals surface area contributed by atoms with Gasteiger partial charge in [0.1, 0.15) is 13.2 Å². The van der Waals surface area contributed by atoms with Gasteiger partial charge in [-0.05, 0) is 89.9 Å². The van der Waals surface area contributed by atoms with E-state index in [2.05, 4.69) is 130 Å². The summed E-state index contributed by atoms with van der Waals surface area (Å²) in [6.07, 6.45) is 74.9. The van der Waals surface area contributed by atoms with E-state index in [1.165, 1.54) is 77.0 Å². The molecule has 1 atom stereocenters. The Balaban J connectivity index is 4.56. The smallest absolute Gasteiger partial charge is 0.310 e. The van der Waals surface area contributed by atoms with Crippen LogP contribution in [0.25, 0.3) is 0 Å². The van der Waals surface area contributed by atoms with Crippen molar-refractivity contribution in [3.8, 4) is 0 Å². The van der Waals surface area contributed by atoms with Gasteiger partial charge in [0.05, 0.1) is 6.42 Å².